The topological polar surface area (TPSA) is 26.3 Å². The SMILES string of the molecule is [CH]c1ccccc1COC(C)=O. The first-order valence-electron chi connectivity index (χ1n) is 3.67. The van der Waals surface area contributed by atoms with Crippen LogP contribution in [-0.4, -0.2) is 5.97 Å². The zero-order valence-electron chi connectivity index (χ0n) is 6.91. The van der Waals surface area contributed by atoms with Crippen LogP contribution in [0.2, 0.25) is 0 Å². The highest BCUT2D eigenvalue weighted by molar-refractivity contribution is 5.65. The Morgan fingerprint density at radius 1 is 1.50 bits per heavy atom. The maximum Gasteiger partial charge on any atom is 0.302 e. The average molecular weight is 162 g/mol. The Morgan fingerprint density at radius 3 is 2.75 bits per heavy atom. The normalized spacial score (nSPS) is 9.50. The van der Waals surface area contributed by atoms with E-state index in [4.69, 9.17) is 11.7 Å². The molecule has 2 radical (unpaired) electrons. The summed E-state index contributed by atoms with van der Waals surface area (Å²) in [4.78, 5) is 10.5. The van der Waals surface area contributed by atoms with Crippen LogP contribution >= 0.6 is 0 Å². The highest BCUT2D eigenvalue weighted by Crippen LogP contribution is 2.07. The quantitative estimate of drug-likeness (QED) is 0.620. The second kappa shape index (κ2) is 3.90. The van der Waals surface area contributed by atoms with Gasteiger partial charge >= 0.3 is 5.97 Å². The molecule has 2 nitrogen and oxygen atoms in total. The molecule has 0 amide bonds. The number of esters is 1. The van der Waals surface area contributed by atoms with Gasteiger partial charge in [-0.3, -0.25) is 4.79 Å². The third-order valence-corrected chi connectivity index (χ3v) is 1.49. The van der Waals surface area contributed by atoms with E-state index < -0.39 is 0 Å². The second-order valence-electron chi connectivity index (χ2n) is 2.48. The fourth-order valence-electron chi connectivity index (χ4n) is 0.845. The summed E-state index contributed by atoms with van der Waals surface area (Å²) in [5.41, 5.74) is 1.49. The predicted molar refractivity (Wildman–Crippen MR) is 45.3 cm³/mol. The molecule has 1 rings (SSSR count). The van der Waals surface area contributed by atoms with Crippen LogP contribution in [0, 0.1) is 6.92 Å². The molecule has 0 bridgehead atoms. The van der Waals surface area contributed by atoms with Gasteiger partial charge in [0.15, 0.2) is 0 Å². The van der Waals surface area contributed by atoms with Crippen molar-refractivity contribution in [2.75, 3.05) is 0 Å². The lowest BCUT2D eigenvalue weighted by molar-refractivity contribution is -0.142. The van der Waals surface area contributed by atoms with E-state index in [0.717, 1.165) is 5.56 Å². The van der Waals surface area contributed by atoms with Crippen molar-refractivity contribution in [3.05, 3.63) is 42.3 Å². The Bertz CT molecular complexity index is 279. The molecule has 0 aromatic heterocycles. The largest absolute Gasteiger partial charge is 0.461 e. The van der Waals surface area contributed by atoms with Crippen LogP contribution < -0.4 is 0 Å². The van der Waals surface area contributed by atoms with Gasteiger partial charge in [0.1, 0.15) is 6.61 Å². The Kier molecular flexibility index (Phi) is 2.86. The second-order valence-corrected chi connectivity index (χ2v) is 2.48. The number of ether oxygens (including phenoxy) is 1. The zero-order valence-corrected chi connectivity index (χ0v) is 6.91. The molecule has 0 heterocycles. The van der Waals surface area contributed by atoms with Crippen LogP contribution in [0.3, 0.4) is 0 Å². The van der Waals surface area contributed by atoms with Crippen molar-refractivity contribution < 1.29 is 9.53 Å². The summed E-state index contributed by atoms with van der Waals surface area (Å²) < 4.78 is 4.79. The molecule has 0 fully saturated rings. The highest BCUT2D eigenvalue weighted by atomic mass is 16.5. The van der Waals surface area contributed by atoms with Gasteiger partial charge in [-0.15, -0.1) is 0 Å². The number of carbonyl (C=O) groups is 1. The molecule has 1 aromatic carbocycles. The fourth-order valence-corrected chi connectivity index (χ4v) is 0.845. The molecule has 0 aliphatic heterocycles. The first-order valence-corrected chi connectivity index (χ1v) is 3.67. The lowest BCUT2D eigenvalue weighted by Crippen LogP contribution is -1.99. The standard InChI is InChI=1S/C10H10O2/c1-8-5-3-4-6-10(8)7-12-9(2)11/h1,3-6H,7H2,2H3. The maximum atomic E-state index is 10.5. The third-order valence-electron chi connectivity index (χ3n) is 1.49. The van der Waals surface area contributed by atoms with Crippen LogP contribution in [0.15, 0.2) is 24.3 Å². The Hall–Kier alpha value is -1.31. The van der Waals surface area contributed by atoms with Crippen LogP contribution in [0.5, 0.6) is 0 Å². The van der Waals surface area contributed by atoms with E-state index in [9.17, 15) is 4.79 Å². The molecule has 0 N–H and O–H groups in total. The smallest absolute Gasteiger partial charge is 0.302 e. The number of benzene rings is 1. The van der Waals surface area contributed by atoms with Crippen molar-refractivity contribution in [2.45, 2.75) is 13.5 Å². The van der Waals surface area contributed by atoms with Gasteiger partial charge in [-0.05, 0) is 18.1 Å². The van der Waals surface area contributed by atoms with E-state index >= 15 is 0 Å². The Morgan fingerprint density at radius 2 is 2.17 bits per heavy atom. The van der Waals surface area contributed by atoms with Crippen molar-refractivity contribution in [3.8, 4) is 0 Å². The van der Waals surface area contributed by atoms with E-state index in [1.165, 1.54) is 6.92 Å². The highest BCUT2D eigenvalue weighted by Gasteiger charge is 1.98. The van der Waals surface area contributed by atoms with Crippen LogP contribution in [0.4, 0.5) is 0 Å². The lowest BCUT2D eigenvalue weighted by Gasteiger charge is -2.04. The zero-order chi connectivity index (χ0) is 8.97. The van der Waals surface area contributed by atoms with Crippen LogP contribution in [-0.2, 0) is 16.1 Å². The minimum Gasteiger partial charge on any atom is -0.461 e. The van der Waals surface area contributed by atoms with E-state index in [1.807, 2.05) is 18.2 Å². The van der Waals surface area contributed by atoms with Gasteiger partial charge in [-0.1, -0.05) is 24.3 Å². The molecule has 0 aliphatic rings. The minimum absolute atomic E-state index is 0.252. The molecule has 0 saturated carbocycles. The van der Waals surface area contributed by atoms with E-state index in [0.29, 0.717) is 5.56 Å². The van der Waals surface area contributed by atoms with Crippen molar-refractivity contribution in [1.82, 2.24) is 0 Å². The van der Waals surface area contributed by atoms with E-state index in [2.05, 4.69) is 0 Å². The number of hydrogen-bond donors (Lipinski definition) is 0. The molecule has 1 aromatic rings. The van der Waals surface area contributed by atoms with Crippen LogP contribution in [0.25, 0.3) is 0 Å². The monoisotopic (exact) mass is 162 g/mol. The van der Waals surface area contributed by atoms with E-state index in [-0.39, 0.29) is 12.6 Å². The number of carbonyl (C=O) groups excluding carboxylic acids is 1. The predicted octanol–water partition coefficient (Wildman–Crippen LogP) is 1.81. The van der Waals surface area contributed by atoms with Gasteiger partial charge in [0, 0.05) is 6.92 Å². The summed E-state index contributed by atoms with van der Waals surface area (Å²) in [5.74, 6) is -0.293. The van der Waals surface area contributed by atoms with Gasteiger partial charge in [-0.25, -0.2) is 0 Å². The summed E-state index contributed by atoms with van der Waals surface area (Å²) >= 11 is 0. The van der Waals surface area contributed by atoms with Crippen molar-refractivity contribution in [2.24, 2.45) is 0 Å². The molecule has 62 valence electrons. The summed E-state index contributed by atoms with van der Waals surface area (Å²) in [6.07, 6.45) is 0. The molecule has 0 atom stereocenters. The maximum absolute atomic E-state index is 10.5. The molecular formula is C10H10O2. The summed E-state index contributed by atoms with van der Waals surface area (Å²) in [5, 5.41) is 0. The number of hydrogen-bond acceptors (Lipinski definition) is 2. The molecule has 2 heteroatoms. The number of rotatable bonds is 2. The van der Waals surface area contributed by atoms with Crippen molar-refractivity contribution in [1.29, 1.82) is 0 Å². The molecule has 0 unspecified atom stereocenters. The first kappa shape index (κ1) is 8.78. The first-order chi connectivity index (χ1) is 5.70. The van der Waals surface area contributed by atoms with Gasteiger partial charge < -0.3 is 4.74 Å². The lowest BCUT2D eigenvalue weighted by atomic mass is 10.1. The summed E-state index contributed by atoms with van der Waals surface area (Å²) in [6.45, 7) is 7.24. The van der Waals surface area contributed by atoms with Gasteiger partial charge in [0.25, 0.3) is 0 Å². The van der Waals surface area contributed by atoms with Crippen LogP contribution in [0.1, 0.15) is 18.1 Å². The Labute approximate surface area is 72.2 Å². The van der Waals surface area contributed by atoms with Gasteiger partial charge in [0.2, 0.25) is 0 Å². The summed E-state index contributed by atoms with van der Waals surface area (Å²) in [6, 6.07) is 7.30. The fraction of sp³-hybridized carbons (Fsp3) is 0.200. The summed E-state index contributed by atoms with van der Waals surface area (Å²) in [7, 11) is 0. The minimum atomic E-state index is -0.293. The van der Waals surface area contributed by atoms with Gasteiger partial charge in [-0.2, -0.15) is 0 Å². The van der Waals surface area contributed by atoms with Gasteiger partial charge in [0.05, 0.1) is 0 Å². The van der Waals surface area contributed by atoms with Crippen molar-refractivity contribution in [3.63, 3.8) is 0 Å². The molecular weight excluding hydrogens is 152 g/mol. The average Bonchev–Trinajstić information content (AvgIpc) is 2.03. The molecule has 12 heavy (non-hydrogen) atoms. The molecule has 0 spiro atoms. The third kappa shape index (κ3) is 2.38. The van der Waals surface area contributed by atoms with E-state index in [1.54, 1.807) is 6.07 Å². The van der Waals surface area contributed by atoms with Crippen molar-refractivity contribution >= 4 is 5.97 Å². The molecule has 0 aliphatic carbocycles. The Balaban J connectivity index is 2.63. The molecule has 0 saturated heterocycles.